The first-order chi connectivity index (χ1) is 13.2. The van der Waals surface area contributed by atoms with Crippen molar-refractivity contribution in [1.29, 1.82) is 0 Å². The molecule has 0 N–H and O–H groups in total. The van der Waals surface area contributed by atoms with Crippen molar-refractivity contribution in [1.82, 2.24) is 0 Å². The lowest BCUT2D eigenvalue weighted by atomic mass is 9.44. The third-order valence-electron chi connectivity index (χ3n) is 9.31. The van der Waals surface area contributed by atoms with Crippen molar-refractivity contribution in [2.45, 2.75) is 104 Å². The fraction of sp³-hybridized carbons (Fsp3) is 0.880. The first-order valence-electron chi connectivity index (χ1n) is 11.7. The third kappa shape index (κ3) is 2.71. The topological polar surface area (TPSA) is 35.5 Å². The van der Waals surface area contributed by atoms with Crippen molar-refractivity contribution in [3.05, 3.63) is 12.2 Å². The summed E-state index contributed by atoms with van der Waals surface area (Å²) >= 11 is 0. The highest BCUT2D eigenvalue weighted by Gasteiger charge is 2.67. The molecule has 0 aromatic rings. The summed E-state index contributed by atoms with van der Waals surface area (Å²) in [6, 6.07) is 0. The molecule has 158 valence electrons. The summed E-state index contributed by atoms with van der Waals surface area (Å²) in [7, 11) is 0. The van der Waals surface area contributed by atoms with Crippen molar-refractivity contribution in [3.63, 3.8) is 0 Å². The van der Waals surface area contributed by atoms with Crippen molar-refractivity contribution in [2.75, 3.05) is 0 Å². The van der Waals surface area contributed by atoms with Gasteiger partial charge in [-0.3, -0.25) is 4.79 Å². The highest BCUT2D eigenvalue weighted by atomic mass is 16.8. The van der Waals surface area contributed by atoms with Crippen molar-refractivity contribution in [2.24, 2.45) is 34.5 Å². The number of hydrogen-bond donors (Lipinski definition) is 0. The minimum absolute atomic E-state index is 0.0803. The predicted molar refractivity (Wildman–Crippen MR) is 112 cm³/mol. The number of ketones is 1. The van der Waals surface area contributed by atoms with E-state index in [0.717, 1.165) is 12.8 Å². The van der Waals surface area contributed by atoms with Gasteiger partial charge >= 0.3 is 0 Å². The van der Waals surface area contributed by atoms with Crippen LogP contribution >= 0.6 is 0 Å². The Morgan fingerprint density at radius 2 is 1.57 bits per heavy atom. The second-order valence-electron chi connectivity index (χ2n) is 10.8. The zero-order valence-corrected chi connectivity index (χ0v) is 18.8. The maximum Gasteiger partial charge on any atom is 0.163 e. The number of fused-ring (bicyclic) bond motifs is 8. The van der Waals surface area contributed by atoms with Crippen LogP contribution in [0.4, 0.5) is 0 Å². The molecule has 3 heteroatoms. The third-order valence-corrected chi connectivity index (χ3v) is 9.31. The van der Waals surface area contributed by atoms with E-state index < -0.39 is 5.79 Å². The van der Waals surface area contributed by atoms with Crippen LogP contribution in [0.15, 0.2) is 12.2 Å². The molecule has 6 unspecified atom stereocenters. The van der Waals surface area contributed by atoms with Gasteiger partial charge in [0, 0.05) is 18.8 Å². The molecule has 4 aliphatic carbocycles. The van der Waals surface area contributed by atoms with Gasteiger partial charge in [0.25, 0.3) is 0 Å². The van der Waals surface area contributed by atoms with Gasteiger partial charge in [-0.05, 0) is 74.5 Å². The normalized spacial score (nSPS) is 51.4. The van der Waals surface area contributed by atoms with E-state index in [1.807, 2.05) is 13.8 Å². The molecule has 5 aliphatic rings. The second-order valence-corrected chi connectivity index (χ2v) is 10.8. The fourth-order valence-corrected chi connectivity index (χ4v) is 7.88. The number of carbonyl (C=O) groups is 1. The average molecular weight is 389 g/mol. The molecule has 1 aliphatic heterocycles. The fourth-order valence-electron chi connectivity index (χ4n) is 7.88. The Bertz CT molecular complexity index is 667. The number of carbonyl (C=O) groups excluding carboxylic acids is 1. The van der Waals surface area contributed by atoms with E-state index in [4.69, 9.17) is 9.47 Å². The van der Waals surface area contributed by atoms with Gasteiger partial charge in [-0.15, -0.1) is 0 Å². The summed E-state index contributed by atoms with van der Waals surface area (Å²) in [6.07, 6.45) is 7.65. The van der Waals surface area contributed by atoms with Gasteiger partial charge in [0.15, 0.2) is 5.79 Å². The maximum absolute atomic E-state index is 12.3. The molecule has 4 saturated carbocycles. The highest BCUT2D eigenvalue weighted by molar-refractivity contribution is 5.79. The molecule has 5 rings (SSSR count). The molecule has 5 fully saturated rings. The van der Waals surface area contributed by atoms with Crippen LogP contribution in [-0.4, -0.2) is 23.8 Å². The van der Waals surface area contributed by atoms with E-state index in [9.17, 15) is 4.79 Å². The zero-order valence-electron chi connectivity index (χ0n) is 18.8. The average Bonchev–Trinajstić information content (AvgIpc) is 3.14. The molecule has 0 radical (unpaired) electrons. The number of Topliss-reactive ketones (excluding diaryl/α,β-unsaturated/α-hetero) is 1. The van der Waals surface area contributed by atoms with Crippen LogP contribution in [0.1, 0.15) is 86.5 Å². The molecule has 3 nitrogen and oxygen atoms in total. The zero-order chi connectivity index (χ0) is 20.5. The first-order valence-corrected chi connectivity index (χ1v) is 11.7. The van der Waals surface area contributed by atoms with Gasteiger partial charge in [0.05, 0.1) is 12.2 Å². The van der Waals surface area contributed by atoms with E-state index >= 15 is 0 Å². The van der Waals surface area contributed by atoms with Crippen LogP contribution in [-0.2, 0) is 14.3 Å². The summed E-state index contributed by atoms with van der Waals surface area (Å²) < 4.78 is 13.1. The van der Waals surface area contributed by atoms with Gasteiger partial charge in [-0.1, -0.05) is 39.8 Å². The molecule has 0 aromatic heterocycles. The SMILES string of the molecule is C=C1CCC2C3C4OC(C)(C)O[C@@H]4C4CC(=O)CCC4(C)[C@H]3CCC12C.CC. The largest absolute Gasteiger partial charge is 0.344 e. The predicted octanol–water partition coefficient (Wildman–Crippen LogP) is 5.92. The van der Waals surface area contributed by atoms with Gasteiger partial charge in [-0.25, -0.2) is 0 Å². The molecule has 0 amide bonds. The molecule has 0 bridgehead atoms. The van der Waals surface area contributed by atoms with Crippen LogP contribution in [0.25, 0.3) is 0 Å². The Hall–Kier alpha value is -0.670. The molecule has 0 spiro atoms. The quantitative estimate of drug-likeness (QED) is 0.483. The molecule has 28 heavy (non-hydrogen) atoms. The second kappa shape index (κ2) is 6.67. The van der Waals surface area contributed by atoms with Crippen molar-refractivity contribution < 1.29 is 14.3 Å². The minimum Gasteiger partial charge on any atom is -0.344 e. The Morgan fingerprint density at radius 1 is 0.893 bits per heavy atom. The summed E-state index contributed by atoms with van der Waals surface area (Å²) in [5.41, 5.74) is 1.95. The first kappa shape index (κ1) is 20.6. The van der Waals surface area contributed by atoms with Crippen LogP contribution in [0, 0.1) is 34.5 Å². The summed E-state index contributed by atoms with van der Waals surface area (Å²) in [6.45, 7) is 17.5. The Kier molecular flexibility index (Phi) is 4.91. The van der Waals surface area contributed by atoms with Gasteiger partial charge in [0.2, 0.25) is 0 Å². The van der Waals surface area contributed by atoms with Gasteiger partial charge < -0.3 is 9.47 Å². The molecule has 1 heterocycles. The van der Waals surface area contributed by atoms with E-state index in [1.165, 1.54) is 31.3 Å². The summed E-state index contributed by atoms with van der Waals surface area (Å²) in [4.78, 5) is 12.3. The van der Waals surface area contributed by atoms with Crippen LogP contribution < -0.4 is 0 Å². The van der Waals surface area contributed by atoms with Crippen molar-refractivity contribution >= 4 is 5.78 Å². The van der Waals surface area contributed by atoms with Gasteiger partial charge in [0.1, 0.15) is 5.78 Å². The molecule has 0 aromatic carbocycles. The van der Waals surface area contributed by atoms with Crippen LogP contribution in [0.5, 0.6) is 0 Å². The standard InChI is InChI=1S/C23H34O3.C2H6/c1-13-6-7-15-18-16(9-11-22(13,15)4)23(5)10-8-14(24)12-17(23)19-20(18)26-21(2,3)25-19;1-2/h15-20H,1,6-12H2,2-5H3;1-2H3/t15?,16-,17?,18?,19+,20?,22?,23?;/m0./s1. The van der Waals surface area contributed by atoms with E-state index in [1.54, 1.807) is 0 Å². The molecular formula is C25H40O3. The van der Waals surface area contributed by atoms with Gasteiger partial charge in [-0.2, -0.15) is 0 Å². The van der Waals surface area contributed by atoms with Crippen molar-refractivity contribution in [3.8, 4) is 0 Å². The monoisotopic (exact) mass is 388 g/mol. The lowest BCUT2D eigenvalue weighted by Crippen LogP contribution is -2.62. The minimum atomic E-state index is -0.533. The summed E-state index contributed by atoms with van der Waals surface area (Å²) in [5, 5.41) is 0. The molecule has 8 atom stereocenters. The van der Waals surface area contributed by atoms with E-state index in [-0.39, 0.29) is 23.0 Å². The number of hydrogen-bond acceptors (Lipinski definition) is 3. The number of ether oxygens (including phenoxy) is 2. The van der Waals surface area contributed by atoms with E-state index in [2.05, 4.69) is 34.3 Å². The Balaban J connectivity index is 0.000000932. The van der Waals surface area contributed by atoms with E-state index in [0.29, 0.717) is 35.9 Å². The maximum atomic E-state index is 12.3. The summed E-state index contributed by atoms with van der Waals surface area (Å²) in [5.74, 6) is 2.08. The lowest BCUT2D eigenvalue weighted by Gasteiger charge is -2.62. The number of allylic oxidation sites excluding steroid dienone is 1. The smallest absolute Gasteiger partial charge is 0.163 e. The molecular weight excluding hydrogens is 348 g/mol. The van der Waals surface area contributed by atoms with Crippen LogP contribution in [0.2, 0.25) is 0 Å². The Morgan fingerprint density at radius 3 is 2.29 bits per heavy atom. The molecule has 1 saturated heterocycles. The Labute approximate surface area is 171 Å². The highest BCUT2D eigenvalue weighted by Crippen LogP contribution is 2.68. The van der Waals surface area contributed by atoms with Crippen LogP contribution in [0.3, 0.4) is 0 Å². The lowest BCUT2D eigenvalue weighted by molar-refractivity contribution is -0.175. The number of rotatable bonds is 0.